The Hall–Kier alpha value is -4.58. The van der Waals surface area contributed by atoms with Gasteiger partial charge in [0.2, 0.25) is 0 Å². The number of hydrogen-bond donors (Lipinski definition) is 1. The second-order valence-electron chi connectivity index (χ2n) is 7.66. The molecule has 0 unspecified atom stereocenters. The molecule has 0 atom stereocenters. The molecule has 34 heavy (non-hydrogen) atoms. The van der Waals surface area contributed by atoms with E-state index < -0.39 is 0 Å². The number of anilines is 2. The average Bonchev–Trinajstić information content (AvgIpc) is 3.33. The van der Waals surface area contributed by atoms with Crippen LogP contribution in [0.3, 0.4) is 0 Å². The van der Waals surface area contributed by atoms with Crippen molar-refractivity contribution in [3.63, 3.8) is 0 Å². The highest BCUT2D eigenvalue weighted by molar-refractivity contribution is 6.01. The molecule has 0 saturated heterocycles. The van der Waals surface area contributed by atoms with Crippen LogP contribution in [-0.2, 0) is 4.79 Å². The fourth-order valence-electron chi connectivity index (χ4n) is 3.82. The lowest BCUT2D eigenvalue weighted by atomic mass is 10.2. The Bertz CT molecular complexity index is 1340. The van der Waals surface area contributed by atoms with Gasteiger partial charge in [-0.15, -0.1) is 0 Å². The summed E-state index contributed by atoms with van der Waals surface area (Å²) >= 11 is 0. The fourth-order valence-corrected chi connectivity index (χ4v) is 3.82. The quantitative estimate of drug-likeness (QED) is 0.332. The monoisotopic (exact) mass is 449 g/mol. The van der Waals surface area contributed by atoms with Crippen molar-refractivity contribution in [2.24, 2.45) is 0 Å². The number of para-hydroxylation sites is 4. The number of imidazole rings is 1. The van der Waals surface area contributed by atoms with Crippen molar-refractivity contribution in [1.29, 1.82) is 0 Å². The molecule has 0 aliphatic heterocycles. The molecule has 5 rings (SSSR count). The number of nitrogens with zero attached hydrogens (tertiary/aromatic N) is 2. The van der Waals surface area contributed by atoms with Crippen LogP contribution in [0.25, 0.3) is 22.4 Å². The van der Waals surface area contributed by atoms with Gasteiger partial charge in [-0.1, -0.05) is 48.5 Å². The molecule has 5 aromatic rings. The first-order valence-electron chi connectivity index (χ1n) is 10.9. The standard InChI is InChI=1S/C28H23N3O3/c1-33-26-18-20(28-29-23-14-8-9-15-24(23)30-28)16-17-25(26)34-19-27(32)31(21-10-4-2-5-11-21)22-12-6-3-7-13-22/h2-18H,19H2,1H3,(H,29,30). The van der Waals surface area contributed by atoms with Gasteiger partial charge in [-0.3, -0.25) is 9.69 Å². The van der Waals surface area contributed by atoms with Crippen molar-refractivity contribution in [2.75, 3.05) is 18.6 Å². The SMILES string of the molecule is COc1cc(-c2nc3ccccc3[nH]2)ccc1OCC(=O)N(c1ccccc1)c1ccccc1. The van der Waals surface area contributed by atoms with Crippen LogP contribution >= 0.6 is 0 Å². The summed E-state index contributed by atoms with van der Waals surface area (Å²) in [5, 5.41) is 0. The molecule has 6 nitrogen and oxygen atoms in total. The summed E-state index contributed by atoms with van der Waals surface area (Å²) in [7, 11) is 1.58. The maximum Gasteiger partial charge on any atom is 0.269 e. The molecule has 0 spiro atoms. The van der Waals surface area contributed by atoms with Gasteiger partial charge in [0.25, 0.3) is 5.91 Å². The molecular weight excluding hydrogens is 426 g/mol. The first-order chi connectivity index (χ1) is 16.7. The van der Waals surface area contributed by atoms with Crippen LogP contribution in [0.4, 0.5) is 11.4 Å². The average molecular weight is 450 g/mol. The molecule has 0 aliphatic rings. The largest absolute Gasteiger partial charge is 0.493 e. The van der Waals surface area contributed by atoms with Gasteiger partial charge in [0.1, 0.15) is 5.82 Å². The molecular formula is C28H23N3O3. The maximum absolute atomic E-state index is 13.3. The third kappa shape index (κ3) is 4.34. The third-order valence-corrected chi connectivity index (χ3v) is 5.46. The Balaban J connectivity index is 1.37. The van der Waals surface area contributed by atoms with Crippen molar-refractivity contribution < 1.29 is 14.3 Å². The molecule has 1 heterocycles. The molecule has 0 saturated carbocycles. The van der Waals surface area contributed by atoms with Crippen LogP contribution in [-0.4, -0.2) is 29.6 Å². The van der Waals surface area contributed by atoms with Crippen LogP contribution < -0.4 is 14.4 Å². The van der Waals surface area contributed by atoms with E-state index in [9.17, 15) is 4.79 Å². The number of H-pyrrole nitrogens is 1. The van der Waals surface area contributed by atoms with E-state index in [1.54, 1.807) is 18.1 Å². The second-order valence-corrected chi connectivity index (χ2v) is 7.66. The smallest absolute Gasteiger partial charge is 0.269 e. The normalized spacial score (nSPS) is 10.7. The third-order valence-electron chi connectivity index (χ3n) is 5.46. The Morgan fingerprint density at radius 2 is 1.47 bits per heavy atom. The van der Waals surface area contributed by atoms with Gasteiger partial charge >= 0.3 is 0 Å². The van der Waals surface area contributed by atoms with Crippen LogP contribution in [0.15, 0.2) is 103 Å². The first kappa shape index (κ1) is 21.3. The number of benzene rings is 4. The first-order valence-corrected chi connectivity index (χ1v) is 10.9. The van der Waals surface area contributed by atoms with Crippen molar-refractivity contribution in [3.8, 4) is 22.9 Å². The number of ether oxygens (including phenoxy) is 2. The van der Waals surface area contributed by atoms with Crippen molar-refractivity contribution >= 4 is 28.3 Å². The van der Waals surface area contributed by atoms with Crippen molar-refractivity contribution in [3.05, 3.63) is 103 Å². The lowest BCUT2D eigenvalue weighted by molar-refractivity contribution is -0.119. The van der Waals surface area contributed by atoms with Crippen LogP contribution in [0.5, 0.6) is 11.5 Å². The van der Waals surface area contributed by atoms with E-state index in [2.05, 4.69) is 9.97 Å². The molecule has 0 bridgehead atoms. The number of carbonyl (C=O) groups is 1. The number of fused-ring (bicyclic) bond motifs is 1. The Morgan fingerprint density at radius 3 is 2.12 bits per heavy atom. The Kier molecular flexibility index (Phi) is 5.95. The van der Waals surface area contributed by atoms with E-state index in [0.717, 1.165) is 33.8 Å². The summed E-state index contributed by atoms with van der Waals surface area (Å²) in [5.41, 5.74) is 4.26. The zero-order chi connectivity index (χ0) is 23.3. The van der Waals surface area contributed by atoms with E-state index in [0.29, 0.717) is 11.5 Å². The van der Waals surface area contributed by atoms with Crippen LogP contribution in [0.1, 0.15) is 0 Å². The van der Waals surface area contributed by atoms with Crippen molar-refractivity contribution in [2.45, 2.75) is 0 Å². The molecule has 0 fully saturated rings. The van der Waals surface area contributed by atoms with E-state index in [4.69, 9.17) is 9.47 Å². The summed E-state index contributed by atoms with van der Waals surface area (Å²) in [4.78, 5) is 22.9. The number of amides is 1. The minimum absolute atomic E-state index is 0.149. The zero-order valence-corrected chi connectivity index (χ0v) is 18.6. The number of hydrogen-bond acceptors (Lipinski definition) is 4. The summed E-state index contributed by atoms with van der Waals surface area (Å²) in [6, 6.07) is 32.4. The van der Waals surface area contributed by atoms with Gasteiger partial charge in [0, 0.05) is 16.9 Å². The Morgan fingerprint density at radius 1 is 0.824 bits per heavy atom. The summed E-state index contributed by atoms with van der Waals surface area (Å²) < 4.78 is 11.5. The minimum Gasteiger partial charge on any atom is -0.493 e. The van der Waals surface area contributed by atoms with Gasteiger partial charge in [0.15, 0.2) is 18.1 Å². The van der Waals surface area contributed by atoms with Gasteiger partial charge < -0.3 is 14.5 Å². The molecule has 168 valence electrons. The number of aromatic nitrogens is 2. The highest BCUT2D eigenvalue weighted by Gasteiger charge is 2.19. The van der Waals surface area contributed by atoms with E-state index >= 15 is 0 Å². The fraction of sp³-hybridized carbons (Fsp3) is 0.0714. The number of aromatic amines is 1. The summed E-state index contributed by atoms with van der Waals surface area (Å²) in [6.07, 6.45) is 0. The summed E-state index contributed by atoms with van der Waals surface area (Å²) in [5.74, 6) is 1.55. The topological polar surface area (TPSA) is 67.5 Å². The van der Waals surface area contributed by atoms with Crippen LogP contribution in [0.2, 0.25) is 0 Å². The van der Waals surface area contributed by atoms with Gasteiger partial charge in [-0.25, -0.2) is 4.98 Å². The molecule has 6 heteroatoms. The maximum atomic E-state index is 13.3. The summed E-state index contributed by atoms with van der Waals surface area (Å²) in [6.45, 7) is -0.149. The van der Waals surface area contributed by atoms with E-state index in [1.165, 1.54) is 0 Å². The van der Waals surface area contributed by atoms with Gasteiger partial charge in [-0.2, -0.15) is 0 Å². The number of nitrogens with one attached hydrogen (secondary N) is 1. The van der Waals surface area contributed by atoms with Crippen molar-refractivity contribution in [1.82, 2.24) is 9.97 Å². The molecule has 1 N–H and O–H groups in total. The lowest BCUT2D eigenvalue weighted by Gasteiger charge is -2.23. The van der Waals surface area contributed by atoms with Gasteiger partial charge in [0.05, 0.1) is 18.1 Å². The molecule has 4 aromatic carbocycles. The predicted molar refractivity (Wildman–Crippen MR) is 134 cm³/mol. The van der Waals surface area contributed by atoms with E-state index in [1.807, 2.05) is 97.1 Å². The highest BCUT2D eigenvalue weighted by Crippen LogP contribution is 2.33. The number of carbonyl (C=O) groups excluding carboxylic acids is 1. The Labute approximate surface area is 197 Å². The number of methoxy groups -OCH3 is 1. The second kappa shape index (κ2) is 9.50. The molecule has 1 amide bonds. The number of rotatable bonds is 7. The highest BCUT2D eigenvalue weighted by atomic mass is 16.5. The molecule has 0 radical (unpaired) electrons. The predicted octanol–water partition coefficient (Wildman–Crippen LogP) is 5.98. The van der Waals surface area contributed by atoms with Crippen LogP contribution in [0, 0.1) is 0 Å². The molecule has 1 aromatic heterocycles. The van der Waals surface area contributed by atoms with Gasteiger partial charge in [-0.05, 0) is 54.6 Å². The molecule has 0 aliphatic carbocycles. The zero-order valence-electron chi connectivity index (χ0n) is 18.6. The lowest BCUT2D eigenvalue weighted by Crippen LogP contribution is -2.30. The van der Waals surface area contributed by atoms with E-state index in [-0.39, 0.29) is 12.5 Å². The minimum atomic E-state index is -0.194.